The van der Waals surface area contributed by atoms with E-state index in [2.05, 4.69) is 0 Å². The number of sulfonamides is 1. The molecule has 0 saturated carbocycles. The van der Waals surface area contributed by atoms with Gasteiger partial charge in [-0.25, -0.2) is 12.8 Å². The topological polar surface area (TPSA) is 63.7 Å². The van der Waals surface area contributed by atoms with E-state index >= 15 is 0 Å². The quantitative estimate of drug-likeness (QED) is 0.718. The number of nitrogens with zero attached hydrogens (tertiary/aromatic N) is 1. The van der Waals surface area contributed by atoms with E-state index in [-0.39, 0.29) is 11.5 Å². The fourth-order valence-electron chi connectivity index (χ4n) is 2.03. The molecule has 0 aliphatic carbocycles. The first-order chi connectivity index (χ1) is 11.4. The van der Waals surface area contributed by atoms with Gasteiger partial charge in [0.1, 0.15) is 12.4 Å². The lowest BCUT2D eigenvalue weighted by Gasteiger charge is -2.16. The Morgan fingerprint density at radius 2 is 1.71 bits per heavy atom. The lowest BCUT2D eigenvalue weighted by atomic mass is 10.2. The van der Waals surface area contributed by atoms with Crippen LogP contribution in [-0.2, 0) is 26.0 Å². The van der Waals surface area contributed by atoms with E-state index in [1.54, 1.807) is 0 Å². The van der Waals surface area contributed by atoms with Crippen molar-refractivity contribution >= 4 is 16.0 Å². The van der Waals surface area contributed by atoms with E-state index in [4.69, 9.17) is 4.74 Å². The Labute approximate surface area is 140 Å². The molecule has 0 fully saturated rings. The molecule has 0 aromatic heterocycles. The van der Waals surface area contributed by atoms with E-state index in [1.165, 1.54) is 7.05 Å². The van der Waals surface area contributed by atoms with Gasteiger partial charge in [-0.1, -0.05) is 30.3 Å². The van der Waals surface area contributed by atoms with E-state index in [9.17, 15) is 17.6 Å². The summed E-state index contributed by atoms with van der Waals surface area (Å²) in [7, 11) is -2.59. The van der Waals surface area contributed by atoms with Gasteiger partial charge < -0.3 is 4.74 Å². The molecule has 0 atom stereocenters. The van der Waals surface area contributed by atoms with Crippen LogP contribution in [0.3, 0.4) is 0 Å². The van der Waals surface area contributed by atoms with Crippen LogP contribution in [0.5, 0.6) is 0 Å². The number of halogens is 1. The number of ether oxygens (including phenoxy) is 1. The van der Waals surface area contributed by atoms with Crippen LogP contribution in [0.1, 0.15) is 5.56 Å². The Morgan fingerprint density at radius 3 is 2.33 bits per heavy atom. The number of rotatable bonds is 7. The maximum absolute atomic E-state index is 12.9. The molecule has 0 N–H and O–H groups in total. The van der Waals surface area contributed by atoms with Gasteiger partial charge in [-0.2, -0.15) is 4.31 Å². The number of likely N-dealkylation sites (N-methyl/N-ethyl adjacent to an activating group) is 1. The zero-order chi connectivity index (χ0) is 17.6. The van der Waals surface area contributed by atoms with Crippen LogP contribution in [0.15, 0.2) is 59.5 Å². The van der Waals surface area contributed by atoms with Gasteiger partial charge in [-0.15, -0.1) is 0 Å². The first kappa shape index (κ1) is 18.1. The number of hydrogen-bond acceptors (Lipinski definition) is 4. The first-order valence-electron chi connectivity index (χ1n) is 7.31. The summed E-state index contributed by atoms with van der Waals surface area (Å²) in [5, 5.41) is 0. The molecule has 0 heterocycles. The zero-order valence-corrected chi connectivity index (χ0v) is 14.0. The second-order valence-electron chi connectivity index (χ2n) is 5.17. The van der Waals surface area contributed by atoms with Crippen molar-refractivity contribution in [3.05, 3.63) is 66.0 Å². The highest BCUT2D eigenvalue weighted by molar-refractivity contribution is 7.89. The summed E-state index contributed by atoms with van der Waals surface area (Å²) in [6, 6.07) is 13.9. The van der Waals surface area contributed by atoms with Crippen LogP contribution in [0, 0.1) is 5.82 Å². The molecule has 0 bridgehead atoms. The van der Waals surface area contributed by atoms with E-state index < -0.39 is 28.4 Å². The third-order valence-corrected chi connectivity index (χ3v) is 5.19. The van der Waals surface area contributed by atoms with Gasteiger partial charge in [0.15, 0.2) is 0 Å². The zero-order valence-electron chi connectivity index (χ0n) is 13.2. The molecule has 7 heteroatoms. The molecule has 5 nitrogen and oxygen atoms in total. The molecule has 0 aliphatic heterocycles. The molecule has 128 valence electrons. The largest absolute Gasteiger partial charge is 0.464 e. The Balaban J connectivity index is 1.87. The minimum atomic E-state index is -3.86. The van der Waals surface area contributed by atoms with Crippen molar-refractivity contribution in [2.45, 2.75) is 11.3 Å². The molecule has 0 unspecified atom stereocenters. The number of carbonyl (C=O) groups is 1. The molecule has 0 amide bonds. The molecule has 2 rings (SSSR count). The number of hydrogen-bond donors (Lipinski definition) is 0. The fourth-order valence-corrected chi connectivity index (χ4v) is 3.14. The maximum atomic E-state index is 12.9. The van der Waals surface area contributed by atoms with E-state index in [1.807, 2.05) is 30.3 Å². The van der Waals surface area contributed by atoms with Crippen LogP contribution in [0.4, 0.5) is 4.39 Å². The fraction of sp³-hybridized carbons (Fsp3) is 0.235. The van der Waals surface area contributed by atoms with Gasteiger partial charge in [0, 0.05) is 13.5 Å². The summed E-state index contributed by atoms with van der Waals surface area (Å²) in [6.45, 7) is -0.234. The van der Waals surface area contributed by atoms with Crippen molar-refractivity contribution in [2.24, 2.45) is 0 Å². The highest BCUT2D eigenvalue weighted by atomic mass is 32.2. The Hall–Kier alpha value is -2.25. The minimum Gasteiger partial charge on any atom is -0.464 e. The van der Waals surface area contributed by atoms with Crippen molar-refractivity contribution in [3.8, 4) is 0 Å². The average Bonchev–Trinajstić information content (AvgIpc) is 2.56. The van der Waals surface area contributed by atoms with Gasteiger partial charge in [0.05, 0.1) is 11.5 Å². The molecule has 0 radical (unpaired) electrons. The molecule has 2 aromatic rings. The molecular weight excluding hydrogens is 333 g/mol. The van der Waals surface area contributed by atoms with Gasteiger partial charge in [0.2, 0.25) is 10.0 Å². The summed E-state index contributed by atoms with van der Waals surface area (Å²) in [4.78, 5) is 11.7. The van der Waals surface area contributed by atoms with E-state index in [0.29, 0.717) is 6.42 Å². The van der Waals surface area contributed by atoms with Gasteiger partial charge in [-0.05, 0) is 29.8 Å². The van der Waals surface area contributed by atoms with Crippen molar-refractivity contribution in [1.82, 2.24) is 4.31 Å². The molecule has 0 saturated heterocycles. The van der Waals surface area contributed by atoms with Crippen LogP contribution in [0.25, 0.3) is 0 Å². The number of esters is 1. The third kappa shape index (κ3) is 4.87. The van der Waals surface area contributed by atoms with E-state index in [0.717, 1.165) is 34.1 Å². The van der Waals surface area contributed by atoms with Crippen LogP contribution < -0.4 is 0 Å². The molecule has 24 heavy (non-hydrogen) atoms. The maximum Gasteiger partial charge on any atom is 0.321 e. The first-order valence-corrected chi connectivity index (χ1v) is 8.75. The van der Waals surface area contributed by atoms with Crippen molar-refractivity contribution in [1.29, 1.82) is 0 Å². The highest BCUT2D eigenvalue weighted by Crippen LogP contribution is 2.14. The summed E-state index contributed by atoms with van der Waals surface area (Å²) in [5.74, 6) is -1.17. The Bertz CT molecular complexity index is 776. The smallest absolute Gasteiger partial charge is 0.321 e. The predicted molar refractivity (Wildman–Crippen MR) is 87.3 cm³/mol. The van der Waals surface area contributed by atoms with Crippen molar-refractivity contribution in [2.75, 3.05) is 20.2 Å². The Kier molecular flexibility index (Phi) is 6.05. The lowest BCUT2D eigenvalue weighted by Crippen LogP contribution is -2.33. The number of carbonyl (C=O) groups excluding carboxylic acids is 1. The number of benzene rings is 2. The van der Waals surface area contributed by atoms with Crippen LogP contribution >= 0.6 is 0 Å². The predicted octanol–water partition coefficient (Wildman–Crippen LogP) is 2.23. The summed E-state index contributed by atoms with van der Waals surface area (Å²) in [5.41, 5.74) is 1.03. The van der Waals surface area contributed by atoms with Gasteiger partial charge in [0.25, 0.3) is 0 Å². The second kappa shape index (κ2) is 8.03. The van der Waals surface area contributed by atoms with Crippen molar-refractivity contribution in [3.63, 3.8) is 0 Å². The Morgan fingerprint density at radius 1 is 1.08 bits per heavy atom. The minimum absolute atomic E-state index is 0.0801. The molecular formula is C17H18FNO4S. The average molecular weight is 351 g/mol. The summed E-state index contributed by atoms with van der Waals surface area (Å²) < 4.78 is 43.4. The normalized spacial score (nSPS) is 11.5. The standard InChI is InChI=1S/C17H18FNO4S/c1-19(24(21,22)16-9-7-15(18)8-10-16)13-17(20)23-12-11-14-5-3-2-4-6-14/h2-10H,11-13H2,1H3. The summed E-state index contributed by atoms with van der Waals surface area (Å²) in [6.07, 6.45) is 0.557. The molecule has 0 aliphatic rings. The highest BCUT2D eigenvalue weighted by Gasteiger charge is 2.23. The van der Waals surface area contributed by atoms with Crippen LogP contribution in [0.2, 0.25) is 0 Å². The van der Waals surface area contributed by atoms with Gasteiger partial charge >= 0.3 is 5.97 Å². The third-order valence-electron chi connectivity index (χ3n) is 3.37. The molecule has 2 aromatic carbocycles. The monoisotopic (exact) mass is 351 g/mol. The van der Waals surface area contributed by atoms with Crippen molar-refractivity contribution < 1.29 is 22.3 Å². The second-order valence-corrected chi connectivity index (χ2v) is 7.22. The summed E-state index contributed by atoms with van der Waals surface area (Å²) >= 11 is 0. The lowest BCUT2D eigenvalue weighted by molar-refractivity contribution is -0.143. The SMILES string of the molecule is CN(CC(=O)OCCc1ccccc1)S(=O)(=O)c1ccc(F)cc1. The van der Waals surface area contributed by atoms with Gasteiger partial charge in [-0.3, -0.25) is 4.79 Å². The molecule has 0 spiro atoms. The van der Waals surface area contributed by atoms with Crippen LogP contribution in [-0.4, -0.2) is 38.9 Å².